The SMILES string of the molecule is CCCN(C)COC(=O)C(C)CC(CC)C(=O)OCCCOCCCOCCCOCCCOCCCOCCCOCCCO. The predicted molar refractivity (Wildman–Crippen MR) is 177 cm³/mol. The first-order valence-electron chi connectivity index (χ1n) is 17.5. The number of aliphatic hydroxyl groups is 1. The second kappa shape index (κ2) is 34.9. The molecule has 46 heavy (non-hydrogen) atoms. The summed E-state index contributed by atoms with van der Waals surface area (Å²) >= 11 is 0. The van der Waals surface area contributed by atoms with Crippen molar-refractivity contribution in [1.82, 2.24) is 4.90 Å². The minimum atomic E-state index is -0.357. The molecule has 0 saturated heterocycles. The Labute approximate surface area is 279 Å². The van der Waals surface area contributed by atoms with E-state index >= 15 is 0 Å². The summed E-state index contributed by atoms with van der Waals surface area (Å²) in [4.78, 5) is 26.7. The molecular formula is C34H67NO11. The van der Waals surface area contributed by atoms with Gasteiger partial charge in [0.05, 0.1) is 18.4 Å². The molecule has 0 aromatic rings. The molecule has 0 radical (unpaired) electrons. The number of ether oxygens (including phenoxy) is 8. The fraction of sp³-hybridized carbons (Fsp3) is 0.941. The van der Waals surface area contributed by atoms with Crippen LogP contribution in [0.1, 0.15) is 85.0 Å². The molecule has 0 saturated carbocycles. The van der Waals surface area contributed by atoms with Crippen molar-refractivity contribution in [3.63, 3.8) is 0 Å². The molecule has 0 bridgehead atoms. The van der Waals surface area contributed by atoms with Crippen molar-refractivity contribution in [2.45, 2.75) is 85.0 Å². The molecule has 0 aromatic carbocycles. The Morgan fingerprint density at radius 1 is 0.587 bits per heavy atom. The molecule has 0 amide bonds. The summed E-state index contributed by atoms with van der Waals surface area (Å²) in [7, 11) is 1.91. The lowest BCUT2D eigenvalue weighted by atomic mass is 9.94. The highest BCUT2D eigenvalue weighted by molar-refractivity contribution is 5.75. The topological polar surface area (TPSA) is 131 Å². The van der Waals surface area contributed by atoms with E-state index in [2.05, 4.69) is 6.92 Å². The number of carbonyl (C=O) groups excluding carboxylic acids is 2. The van der Waals surface area contributed by atoms with Crippen molar-refractivity contribution in [2.75, 3.05) is 113 Å². The van der Waals surface area contributed by atoms with Crippen molar-refractivity contribution in [1.29, 1.82) is 0 Å². The van der Waals surface area contributed by atoms with Crippen LogP contribution < -0.4 is 0 Å². The zero-order valence-corrected chi connectivity index (χ0v) is 29.5. The first kappa shape index (κ1) is 44.6. The Morgan fingerprint density at radius 3 is 1.35 bits per heavy atom. The van der Waals surface area contributed by atoms with Crippen molar-refractivity contribution in [2.24, 2.45) is 11.8 Å². The molecule has 274 valence electrons. The third kappa shape index (κ3) is 30.0. The number of hydrogen-bond donors (Lipinski definition) is 1. The highest BCUT2D eigenvalue weighted by Gasteiger charge is 2.25. The first-order chi connectivity index (χ1) is 22.5. The molecule has 12 nitrogen and oxygen atoms in total. The summed E-state index contributed by atoms with van der Waals surface area (Å²) in [5.41, 5.74) is 0. The van der Waals surface area contributed by atoms with Gasteiger partial charge in [-0.25, -0.2) is 0 Å². The standard InChI is InChI=1S/C34H67NO11/c1-5-14-35(4)30-46-33(37)31(3)29-32(6-2)34(38)45-28-13-27-44-26-12-25-43-24-11-23-42-22-10-21-41-20-9-19-40-18-8-17-39-16-7-15-36/h31-32,36H,5-30H2,1-4H3. The van der Waals surface area contributed by atoms with E-state index in [9.17, 15) is 9.59 Å². The summed E-state index contributed by atoms with van der Waals surface area (Å²) in [5.74, 6) is -1.22. The van der Waals surface area contributed by atoms with Gasteiger partial charge < -0.3 is 43.0 Å². The van der Waals surface area contributed by atoms with E-state index in [-0.39, 0.29) is 37.1 Å². The van der Waals surface area contributed by atoms with E-state index in [1.807, 2.05) is 18.9 Å². The van der Waals surface area contributed by atoms with Crippen molar-refractivity contribution in [3.05, 3.63) is 0 Å². The predicted octanol–water partition coefficient (Wildman–Crippen LogP) is 4.25. The van der Waals surface area contributed by atoms with Crippen LogP contribution in [0.25, 0.3) is 0 Å². The van der Waals surface area contributed by atoms with E-state index in [0.717, 1.165) is 45.1 Å². The molecule has 0 aliphatic carbocycles. The molecule has 0 heterocycles. The molecule has 0 fully saturated rings. The third-order valence-corrected chi connectivity index (χ3v) is 6.91. The highest BCUT2D eigenvalue weighted by Crippen LogP contribution is 2.19. The minimum Gasteiger partial charge on any atom is -0.465 e. The largest absolute Gasteiger partial charge is 0.465 e. The lowest BCUT2D eigenvalue weighted by Gasteiger charge is -2.20. The molecule has 0 aliphatic rings. The maximum absolute atomic E-state index is 12.5. The molecule has 2 unspecified atom stereocenters. The van der Waals surface area contributed by atoms with Gasteiger partial charge in [-0.05, 0) is 64.8 Å². The normalized spacial score (nSPS) is 12.8. The van der Waals surface area contributed by atoms with Crippen LogP contribution in [0.5, 0.6) is 0 Å². The number of aliphatic hydroxyl groups excluding tert-OH is 1. The summed E-state index contributed by atoms with van der Waals surface area (Å²) < 4.78 is 44.1. The Bertz CT molecular complexity index is 671. The number of esters is 2. The zero-order chi connectivity index (χ0) is 33.9. The molecule has 12 heteroatoms. The van der Waals surface area contributed by atoms with Crippen LogP contribution >= 0.6 is 0 Å². The smallest absolute Gasteiger partial charge is 0.309 e. The number of carbonyl (C=O) groups is 2. The molecule has 0 aromatic heterocycles. The molecular weight excluding hydrogens is 598 g/mol. The van der Waals surface area contributed by atoms with Crippen LogP contribution in [0.2, 0.25) is 0 Å². The second-order valence-corrected chi connectivity index (χ2v) is 11.5. The van der Waals surface area contributed by atoms with E-state index in [1.165, 1.54) is 0 Å². The molecule has 0 aliphatic heterocycles. The van der Waals surface area contributed by atoms with E-state index in [0.29, 0.717) is 112 Å². The van der Waals surface area contributed by atoms with Gasteiger partial charge in [-0.2, -0.15) is 0 Å². The lowest BCUT2D eigenvalue weighted by molar-refractivity contribution is -0.155. The molecule has 2 atom stereocenters. The minimum absolute atomic E-state index is 0.171. The van der Waals surface area contributed by atoms with Crippen molar-refractivity contribution < 1.29 is 52.6 Å². The van der Waals surface area contributed by atoms with Crippen LogP contribution in [-0.2, 0) is 47.5 Å². The maximum atomic E-state index is 12.5. The number of nitrogens with zero attached hydrogens (tertiary/aromatic N) is 1. The monoisotopic (exact) mass is 665 g/mol. The summed E-state index contributed by atoms with van der Waals surface area (Å²) in [5, 5.41) is 8.67. The van der Waals surface area contributed by atoms with Crippen LogP contribution in [0.15, 0.2) is 0 Å². The van der Waals surface area contributed by atoms with Crippen LogP contribution in [-0.4, -0.2) is 135 Å². The van der Waals surface area contributed by atoms with Crippen LogP contribution in [0, 0.1) is 11.8 Å². The van der Waals surface area contributed by atoms with Gasteiger partial charge in [0.2, 0.25) is 0 Å². The summed E-state index contributed by atoms with van der Waals surface area (Å²) in [6.07, 6.45) is 7.63. The van der Waals surface area contributed by atoms with Gasteiger partial charge >= 0.3 is 11.9 Å². The van der Waals surface area contributed by atoms with Crippen LogP contribution in [0.3, 0.4) is 0 Å². The Morgan fingerprint density at radius 2 is 0.978 bits per heavy atom. The lowest BCUT2D eigenvalue weighted by Crippen LogP contribution is -2.29. The van der Waals surface area contributed by atoms with Crippen molar-refractivity contribution >= 4 is 11.9 Å². The summed E-state index contributed by atoms with van der Waals surface area (Å²) in [6, 6.07) is 0. The Hall–Kier alpha value is -1.38. The Balaban J connectivity index is 3.44. The Kier molecular flexibility index (Phi) is 33.9. The highest BCUT2D eigenvalue weighted by atomic mass is 16.5. The second-order valence-electron chi connectivity index (χ2n) is 11.5. The summed E-state index contributed by atoms with van der Waals surface area (Å²) in [6.45, 7) is 15.2. The van der Waals surface area contributed by atoms with Gasteiger partial charge in [0.25, 0.3) is 0 Å². The van der Waals surface area contributed by atoms with Gasteiger partial charge in [0, 0.05) is 98.9 Å². The number of rotatable bonds is 36. The maximum Gasteiger partial charge on any atom is 0.309 e. The molecule has 0 rings (SSSR count). The first-order valence-corrected chi connectivity index (χ1v) is 17.5. The van der Waals surface area contributed by atoms with E-state index in [4.69, 9.17) is 43.0 Å². The average molecular weight is 666 g/mol. The van der Waals surface area contributed by atoms with Gasteiger partial charge in [0.1, 0.15) is 6.73 Å². The number of hydrogen-bond acceptors (Lipinski definition) is 12. The van der Waals surface area contributed by atoms with Gasteiger partial charge in [0.15, 0.2) is 0 Å². The quantitative estimate of drug-likeness (QED) is 0.0583. The van der Waals surface area contributed by atoms with Crippen molar-refractivity contribution in [3.8, 4) is 0 Å². The van der Waals surface area contributed by atoms with E-state index in [1.54, 1.807) is 6.92 Å². The fourth-order valence-electron chi connectivity index (χ4n) is 4.26. The van der Waals surface area contributed by atoms with E-state index < -0.39 is 0 Å². The third-order valence-electron chi connectivity index (χ3n) is 6.91. The zero-order valence-electron chi connectivity index (χ0n) is 29.5. The average Bonchev–Trinajstić information content (AvgIpc) is 3.05. The molecule has 0 spiro atoms. The van der Waals surface area contributed by atoms with Gasteiger partial charge in [-0.15, -0.1) is 0 Å². The van der Waals surface area contributed by atoms with Gasteiger partial charge in [-0.3, -0.25) is 14.5 Å². The van der Waals surface area contributed by atoms with Crippen LogP contribution in [0.4, 0.5) is 0 Å². The fourth-order valence-corrected chi connectivity index (χ4v) is 4.26. The molecule has 1 N–H and O–H groups in total. The van der Waals surface area contributed by atoms with Gasteiger partial charge in [-0.1, -0.05) is 20.8 Å².